The third-order valence-electron chi connectivity index (χ3n) is 5.40. The first kappa shape index (κ1) is 21.3. The number of halogens is 3. The fourth-order valence-corrected chi connectivity index (χ4v) is 3.95. The van der Waals surface area contributed by atoms with Crippen LogP contribution in [0.25, 0.3) is 0 Å². The average Bonchev–Trinajstić information content (AvgIpc) is 3.12. The highest BCUT2D eigenvalue weighted by atomic mass is 35.5. The summed E-state index contributed by atoms with van der Waals surface area (Å²) in [5.74, 6) is -1.66. The highest BCUT2D eigenvalue weighted by molar-refractivity contribution is 6.31. The first-order valence-corrected chi connectivity index (χ1v) is 10.4. The van der Waals surface area contributed by atoms with E-state index in [0.29, 0.717) is 37.0 Å². The highest BCUT2D eigenvalue weighted by Gasteiger charge is 2.33. The van der Waals surface area contributed by atoms with E-state index in [-0.39, 0.29) is 24.2 Å². The summed E-state index contributed by atoms with van der Waals surface area (Å²) in [5, 5.41) is 0.408. The van der Waals surface area contributed by atoms with Crippen LogP contribution in [0.4, 0.5) is 19.3 Å². The molecule has 3 heterocycles. The SMILES string of the molecule is O=C(CN1CCN(c2ccc(F)c(F)c2)C1=O)N1CCCC(Oc2ccncc2Cl)C1. The summed E-state index contributed by atoms with van der Waals surface area (Å²) in [6, 6.07) is 4.58. The lowest BCUT2D eigenvalue weighted by atomic mass is 10.1. The molecular weight excluding hydrogens is 430 g/mol. The van der Waals surface area contributed by atoms with Gasteiger partial charge < -0.3 is 14.5 Å². The van der Waals surface area contributed by atoms with Crippen molar-refractivity contribution in [3.63, 3.8) is 0 Å². The molecule has 7 nitrogen and oxygen atoms in total. The molecule has 1 atom stereocenters. The van der Waals surface area contributed by atoms with Crippen LogP contribution in [0.2, 0.25) is 5.02 Å². The lowest BCUT2D eigenvalue weighted by Gasteiger charge is -2.34. The predicted molar refractivity (Wildman–Crippen MR) is 110 cm³/mol. The van der Waals surface area contributed by atoms with Gasteiger partial charge in [-0.15, -0.1) is 0 Å². The molecule has 2 saturated heterocycles. The van der Waals surface area contributed by atoms with E-state index in [1.807, 2.05) is 0 Å². The molecule has 4 rings (SSSR count). The number of carbonyl (C=O) groups excluding carboxylic acids is 2. The van der Waals surface area contributed by atoms with Gasteiger partial charge in [0.15, 0.2) is 11.6 Å². The number of carbonyl (C=O) groups is 2. The Morgan fingerprint density at radius 1 is 1.19 bits per heavy atom. The summed E-state index contributed by atoms with van der Waals surface area (Å²) < 4.78 is 32.6. The van der Waals surface area contributed by atoms with Crippen molar-refractivity contribution in [2.24, 2.45) is 0 Å². The minimum Gasteiger partial charge on any atom is -0.487 e. The van der Waals surface area contributed by atoms with Gasteiger partial charge in [-0.25, -0.2) is 13.6 Å². The Morgan fingerprint density at radius 2 is 2.03 bits per heavy atom. The number of amides is 3. The van der Waals surface area contributed by atoms with Gasteiger partial charge in [-0.05, 0) is 25.0 Å². The van der Waals surface area contributed by atoms with Gasteiger partial charge in [-0.2, -0.15) is 0 Å². The van der Waals surface area contributed by atoms with Crippen molar-refractivity contribution in [2.45, 2.75) is 18.9 Å². The maximum absolute atomic E-state index is 13.5. The molecule has 0 radical (unpaired) electrons. The van der Waals surface area contributed by atoms with E-state index >= 15 is 0 Å². The molecular formula is C21H21ClF2N4O3. The quantitative estimate of drug-likeness (QED) is 0.701. The fraction of sp³-hybridized carbons (Fsp3) is 0.381. The summed E-state index contributed by atoms with van der Waals surface area (Å²) in [5.41, 5.74) is 0.263. The van der Waals surface area contributed by atoms with Crippen LogP contribution in [0.3, 0.4) is 0 Å². The normalized spacial score (nSPS) is 19.1. The number of piperidine rings is 1. The molecule has 0 N–H and O–H groups in total. The zero-order valence-electron chi connectivity index (χ0n) is 16.6. The van der Waals surface area contributed by atoms with Crippen LogP contribution >= 0.6 is 11.6 Å². The van der Waals surface area contributed by atoms with Crippen LogP contribution in [0.5, 0.6) is 5.75 Å². The maximum Gasteiger partial charge on any atom is 0.325 e. The van der Waals surface area contributed by atoms with Crippen LogP contribution in [-0.4, -0.2) is 65.5 Å². The largest absolute Gasteiger partial charge is 0.487 e. The van der Waals surface area contributed by atoms with Crippen molar-refractivity contribution in [3.05, 3.63) is 53.3 Å². The number of aromatic nitrogens is 1. The molecule has 2 aromatic rings. The zero-order valence-corrected chi connectivity index (χ0v) is 17.4. The number of rotatable bonds is 5. The van der Waals surface area contributed by atoms with Crippen molar-refractivity contribution in [1.29, 1.82) is 0 Å². The lowest BCUT2D eigenvalue weighted by Crippen LogP contribution is -2.48. The van der Waals surface area contributed by atoms with Gasteiger partial charge in [0.2, 0.25) is 5.91 Å². The molecule has 10 heteroatoms. The van der Waals surface area contributed by atoms with Crippen molar-refractivity contribution < 1.29 is 23.1 Å². The second kappa shape index (κ2) is 9.05. The van der Waals surface area contributed by atoms with Crippen molar-refractivity contribution in [3.8, 4) is 5.75 Å². The maximum atomic E-state index is 13.5. The highest BCUT2D eigenvalue weighted by Crippen LogP contribution is 2.26. The van der Waals surface area contributed by atoms with Crippen molar-refractivity contribution >= 4 is 29.2 Å². The van der Waals surface area contributed by atoms with E-state index in [4.69, 9.17) is 16.3 Å². The summed E-state index contributed by atoms with van der Waals surface area (Å²) in [4.78, 5) is 33.9. The minimum absolute atomic E-state index is 0.0816. The van der Waals surface area contributed by atoms with Crippen LogP contribution < -0.4 is 9.64 Å². The number of hydrogen-bond acceptors (Lipinski definition) is 4. The molecule has 1 aromatic heterocycles. The molecule has 0 saturated carbocycles. The van der Waals surface area contributed by atoms with E-state index in [9.17, 15) is 18.4 Å². The molecule has 1 aromatic carbocycles. The Morgan fingerprint density at radius 3 is 2.81 bits per heavy atom. The van der Waals surface area contributed by atoms with Gasteiger partial charge in [0.1, 0.15) is 23.4 Å². The smallest absolute Gasteiger partial charge is 0.325 e. The van der Waals surface area contributed by atoms with Crippen molar-refractivity contribution in [1.82, 2.24) is 14.8 Å². The Labute approximate surface area is 183 Å². The van der Waals surface area contributed by atoms with Gasteiger partial charge in [-0.3, -0.25) is 14.7 Å². The number of benzene rings is 1. The first-order valence-electron chi connectivity index (χ1n) is 9.98. The van der Waals surface area contributed by atoms with E-state index in [1.54, 1.807) is 17.2 Å². The van der Waals surface area contributed by atoms with Gasteiger partial charge in [0.05, 0.1) is 6.54 Å². The number of ether oxygens (including phenoxy) is 1. The summed E-state index contributed by atoms with van der Waals surface area (Å²) in [6.45, 7) is 1.51. The Kier molecular flexibility index (Phi) is 6.22. The molecule has 3 amide bonds. The molecule has 2 fully saturated rings. The van der Waals surface area contributed by atoms with Gasteiger partial charge in [0, 0.05) is 49.8 Å². The minimum atomic E-state index is -1.02. The number of hydrogen-bond donors (Lipinski definition) is 0. The summed E-state index contributed by atoms with van der Waals surface area (Å²) >= 11 is 6.09. The average molecular weight is 451 g/mol. The number of anilines is 1. The Balaban J connectivity index is 1.35. The second-order valence-electron chi connectivity index (χ2n) is 7.48. The molecule has 0 aliphatic carbocycles. The van der Waals surface area contributed by atoms with E-state index < -0.39 is 17.7 Å². The number of likely N-dealkylation sites (tertiary alicyclic amines) is 1. The van der Waals surface area contributed by atoms with E-state index in [2.05, 4.69) is 4.98 Å². The van der Waals surface area contributed by atoms with Gasteiger partial charge >= 0.3 is 6.03 Å². The van der Waals surface area contributed by atoms with Gasteiger partial charge in [-0.1, -0.05) is 11.6 Å². The number of urea groups is 1. The molecule has 0 spiro atoms. The second-order valence-corrected chi connectivity index (χ2v) is 7.89. The molecule has 2 aliphatic heterocycles. The fourth-order valence-electron chi connectivity index (χ4n) is 3.78. The molecule has 0 bridgehead atoms. The number of nitrogens with zero attached hydrogens (tertiary/aromatic N) is 4. The molecule has 1 unspecified atom stereocenters. The predicted octanol–water partition coefficient (Wildman–Crippen LogP) is 3.33. The topological polar surface area (TPSA) is 66.0 Å². The molecule has 2 aliphatic rings. The summed E-state index contributed by atoms with van der Waals surface area (Å²) in [6.07, 6.45) is 4.44. The van der Waals surface area contributed by atoms with Crippen LogP contribution in [0.15, 0.2) is 36.7 Å². The van der Waals surface area contributed by atoms with Gasteiger partial charge in [0.25, 0.3) is 0 Å². The van der Waals surface area contributed by atoms with Crippen LogP contribution in [0, 0.1) is 11.6 Å². The zero-order chi connectivity index (χ0) is 22.0. The van der Waals surface area contributed by atoms with E-state index in [0.717, 1.165) is 25.0 Å². The third kappa shape index (κ3) is 4.71. The molecule has 31 heavy (non-hydrogen) atoms. The van der Waals surface area contributed by atoms with Crippen LogP contribution in [0.1, 0.15) is 12.8 Å². The first-order chi connectivity index (χ1) is 14.9. The Bertz CT molecular complexity index is 993. The van der Waals surface area contributed by atoms with Crippen molar-refractivity contribution in [2.75, 3.05) is 37.6 Å². The third-order valence-corrected chi connectivity index (χ3v) is 5.68. The monoisotopic (exact) mass is 450 g/mol. The Hall–Kier alpha value is -2.94. The lowest BCUT2D eigenvalue weighted by molar-refractivity contribution is -0.134. The summed E-state index contributed by atoms with van der Waals surface area (Å²) in [7, 11) is 0. The van der Waals surface area contributed by atoms with Crippen LogP contribution in [-0.2, 0) is 4.79 Å². The van der Waals surface area contributed by atoms with E-state index in [1.165, 1.54) is 22.1 Å². The standard InChI is InChI=1S/C21H21ClF2N4O3/c22-16-11-25-6-5-19(16)31-15-2-1-7-26(12-15)20(29)13-27-8-9-28(21(27)30)14-3-4-17(23)18(24)10-14/h3-6,10-11,15H,1-2,7-9,12-13H2. The number of pyridine rings is 1. The molecule has 164 valence electrons.